The summed E-state index contributed by atoms with van der Waals surface area (Å²) in [6.45, 7) is 0. The van der Waals surface area contributed by atoms with Gasteiger partial charge in [-0.1, -0.05) is 12.1 Å². The molecule has 0 heterocycles. The second-order valence-electron chi connectivity index (χ2n) is 6.32. The van der Waals surface area contributed by atoms with Crippen LogP contribution in [-0.4, -0.2) is 13.7 Å². The first-order valence-corrected chi connectivity index (χ1v) is 9.71. The van der Waals surface area contributed by atoms with Crippen LogP contribution in [-0.2, 0) is 16.0 Å². The van der Waals surface area contributed by atoms with Gasteiger partial charge < -0.3 is 0 Å². The van der Waals surface area contributed by atoms with Crippen molar-refractivity contribution in [3.63, 3.8) is 0 Å². The number of halogens is 5. The minimum absolute atomic E-state index is 0.0288. The molecular formula is C19H15F5O2S. The van der Waals surface area contributed by atoms with Crippen molar-refractivity contribution in [3.05, 3.63) is 71.3 Å². The Morgan fingerprint density at radius 3 is 2.44 bits per heavy atom. The van der Waals surface area contributed by atoms with Crippen LogP contribution in [0.1, 0.15) is 30.4 Å². The summed E-state index contributed by atoms with van der Waals surface area (Å²) < 4.78 is 91.7. The summed E-state index contributed by atoms with van der Waals surface area (Å²) in [5.74, 6) is -1.34. The van der Waals surface area contributed by atoms with Crippen molar-refractivity contribution in [2.45, 2.75) is 35.6 Å². The molecule has 0 saturated carbocycles. The predicted octanol–water partition coefficient (Wildman–Crippen LogP) is 5.39. The van der Waals surface area contributed by atoms with Gasteiger partial charge >= 0.3 is 6.18 Å². The van der Waals surface area contributed by atoms with Gasteiger partial charge in [-0.2, -0.15) is 13.2 Å². The standard InChI is InChI=1S/C19H15F5O2S/c20-14-7-8-18(21)17(11-14)12-3-1-5-15(9-12)27(25,26)16-6-2-4-13(10-16)19(22,23)24/h2,4,6-11,15H,1,3,5H2. The lowest BCUT2D eigenvalue weighted by Gasteiger charge is -2.22. The molecular weight excluding hydrogens is 387 g/mol. The lowest BCUT2D eigenvalue weighted by molar-refractivity contribution is -0.137. The highest BCUT2D eigenvalue weighted by molar-refractivity contribution is 7.92. The molecule has 27 heavy (non-hydrogen) atoms. The summed E-state index contributed by atoms with van der Waals surface area (Å²) in [6.07, 6.45) is -2.40. The minimum Gasteiger partial charge on any atom is -0.223 e. The summed E-state index contributed by atoms with van der Waals surface area (Å²) in [5.41, 5.74) is -0.752. The average molecular weight is 402 g/mol. The Kier molecular flexibility index (Phi) is 5.12. The fourth-order valence-electron chi connectivity index (χ4n) is 3.12. The van der Waals surface area contributed by atoms with Crippen molar-refractivity contribution in [2.24, 2.45) is 0 Å². The molecule has 0 aliphatic heterocycles. The van der Waals surface area contributed by atoms with E-state index in [4.69, 9.17) is 0 Å². The van der Waals surface area contributed by atoms with E-state index in [1.807, 2.05) is 0 Å². The SMILES string of the molecule is O=S(=O)(c1cccc(C(F)(F)F)c1)C1C=C(c2cc(F)ccc2F)CCC1. The van der Waals surface area contributed by atoms with Gasteiger partial charge in [0.1, 0.15) is 11.6 Å². The maximum Gasteiger partial charge on any atom is 0.416 e. The third-order valence-electron chi connectivity index (χ3n) is 4.48. The monoisotopic (exact) mass is 402 g/mol. The molecule has 2 aromatic carbocycles. The van der Waals surface area contributed by atoms with Crippen molar-refractivity contribution in [1.82, 2.24) is 0 Å². The molecule has 8 heteroatoms. The zero-order chi connectivity index (χ0) is 19.8. The van der Waals surface area contributed by atoms with Crippen LogP contribution in [0.3, 0.4) is 0 Å². The van der Waals surface area contributed by atoms with Crippen LogP contribution < -0.4 is 0 Å². The Labute approximate surface area is 153 Å². The van der Waals surface area contributed by atoms with E-state index in [9.17, 15) is 30.4 Å². The van der Waals surface area contributed by atoms with Crippen molar-refractivity contribution in [2.75, 3.05) is 0 Å². The van der Waals surface area contributed by atoms with E-state index in [1.54, 1.807) is 0 Å². The molecule has 0 bridgehead atoms. The molecule has 0 spiro atoms. The van der Waals surface area contributed by atoms with Gasteiger partial charge in [-0.05, 0) is 61.2 Å². The topological polar surface area (TPSA) is 34.1 Å². The van der Waals surface area contributed by atoms with Crippen LogP contribution in [0.4, 0.5) is 22.0 Å². The van der Waals surface area contributed by atoms with Gasteiger partial charge in [0.15, 0.2) is 9.84 Å². The van der Waals surface area contributed by atoms with Gasteiger partial charge in [0.25, 0.3) is 0 Å². The second-order valence-corrected chi connectivity index (χ2v) is 8.48. The molecule has 3 rings (SSSR count). The first-order chi connectivity index (χ1) is 12.6. The highest BCUT2D eigenvalue weighted by atomic mass is 32.2. The zero-order valence-corrected chi connectivity index (χ0v) is 14.7. The quantitative estimate of drug-likeness (QED) is 0.645. The van der Waals surface area contributed by atoms with Gasteiger partial charge in [0.2, 0.25) is 0 Å². The Morgan fingerprint density at radius 2 is 1.74 bits per heavy atom. The molecule has 0 N–H and O–H groups in total. The largest absolute Gasteiger partial charge is 0.416 e. The second kappa shape index (κ2) is 7.07. The third kappa shape index (κ3) is 4.05. The van der Waals surface area contributed by atoms with Crippen LogP contribution in [0.15, 0.2) is 53.4 Å². The van der Waals surface area contributed by atoms with Gasteiger partial charge in [0, 0.05) is 5.56 Å². The van der Waals surface area contributed by atoms with E-state index >= 15 is 0 Å². The van der Waals surface area contributed by atoms with Gasteiger partial charge in [-0.15, -0.1) is 0 Å². The molecule has 1 aliphatic rings. The van der Waals surface area contributed by atoms with Crippen LogP contribution in [0.25, 0.3) is 5.57 Å². The number of hydrogen-bond acceptors (Lipinski definition) is 2. The molecule has 144 valence electrons. The Bertz CT molecular complexity index is 993. The Balaban J connectivity index is 2.01. The fraction of sp³-hybridized carbons (Fsp3) is 0.263. The first-order valence-electron chi connectivity index (χ1n) is 8.16. The molecule has 2 nitrogen and oxygen atoms in total. The Morgan fingerprint density at radius 1 is 1.00 bits per heavy atom. The maximum absolute atomic E-state index is 14.0. The van der Waals surface area contributed by atoms with E-state index in [2.05, 4.69) is 0 Å². The molecule has 0 amide bonds. The molecule has 0 saturated heterocycles. The fourth-order valence-corrected chi connectivity index (χ4v) is 4.85. The third-order valence-corrected chi connectivity index (χ3v) is 6.56. The van der Waals surface area contributed by atoms with Crippen LogP contribution in [0.5, 0.6) is 0 Å². The highest BCUT2D eigenvalue weighted by Gasteiger charge is 2.34. The highest BCUT2D eigenvalue weighted by Crippen LogP contribution is 2.35. The minimum atomic E-state index is -4.66. The lowest BCUT2D eigenvalue weighted by atomic mass is 9.93. The van der Waals surface area contributed by atoms with Gasteiger partial charge in [0.05, 0.1) is 15.7 Å². The number of sulfone groups is 1. The number of alkyl halides is 3. The van der Waals surface area contributed by atoms with Crippen LogP contribution >= 0.6 is 0 Å². The molecule has 2 aromatic rings. The van der Waals surface area contributed by atoms with E-state index in [0.29, 0.717) is 24.5 Å². The smallest absolute Gasteiger partial charge is 0.223 e. The van der Waals surface area contributed by atoms with Crippen LogP contribution in [0.2, 0.25) is 0 Å². The van der Waals surface area contributed by atoms with Crippen LogP contribution in [0, 0.1) is 11.6 Å². The van der Waals surface area contributed by atoms with Crippen molar-refractivity contribution in [3.8, 4) is 0 Å². The molecule has 0 radical (unpaired) electrons. The van der Waals surface area contributed by atoms with Crippen molar-refractivity contribution in [1.29, 1.82) is 0 Å². The lowest BCUT2D eigenvalue weighted by Crippen LogP contribution is -2.23. The number of rotatable bonds is 3. The van der Waals surface area contributed by atoms with Gasteiger partial charge in [-0.25, -0.2) is 17.2 Å². The summed E-state index contributed by atoms with van der Waals surface area (Å²) in [4.78, 5) is -0.445. The van der Waals surface area contributed by atoms with E-state index < -0.39 is 43.4 Å². The number of allylic oxidation sites excluding steroid dienone is 1. The molecule has 0 aromatic heterocycles. The van der Waals surface area contributed by atoms with E-state index in [-0.39, 0.29) is 12.0 Å². The predicted molar refractivity (Wildman–Crippen MR) is 90.6 cm³/mol. The molecule has 0 fully saturated rings. The summed E-state index contributed by atoms with van der Waals surface area (Å²) in [5, 5.41) is -1.10. The van der Waals surface area contributed by atoms with Crippen molar-refractivity contribution < 1.29 is 30.4 Å². The molecule has 1 unspecified atom stereocenters. The number of hydrogen-bond donors (Lipinski definition) is 0. The Hall–Kier alpha value is -2.22. The summed E-state index contributed by atoms with van der Waals surface area (Å²) in [7, 11) is -4.10. The first kappa shape index (κ1) is 19.5. The molecule has 1 aliphatic carbocycles. The van der Waals surface area contributed by atoms with E-state index in [1.165, 1.54) is 6.08 Å². The summed E-state index contributed by atoms with van der Waals surface area (Å²) >= 11 is 0. The zero-order valence-electron chi connectivity index (χ0n) is 13.9. The average Bonchev–Trinajstić information content (AvgIpc) is 2.63. The number of benzene rings is 2. The maximum atomic E-state index is 14.0. The van der Waals surface area contributed by atoms with E-state index in [0.717, 1.165) is 36.4 Å². The van der Waals surface area contributed by atoms with Crippen molar-refractivity contribution >= 4 is 15.4 Å². The van der Waals surface area contributed by atoms with Gasteiger partial charge in [-0.3, -0.25) is 0 Å². The molecule has 1 atom stereocenters. The summed E-state index contributed by atoms with van der Waals surface area (Å²) in [6, 6.07) is 6.43. The normalized spacial score (nSPS) is 18.3.